The van der Waals surface area contributed by atoms with Crippen molar-refractivity contribution in [2.24, 2.45) is 0 Å². The summed E-state index contributed by atoms with van der Waals surface area (Å²) in [5.41, 5.74) is 2.03. The van der Waals surface area contributed by atoms with Gasteiger partial charge >= 0.3 is 0 Å². The van der Waals surface area contributed by atoms with Gasteiger partial charge in [0.25, 0.3) is 11.8 Å². The molecule has 0 saturated carbocycles. The molecule has 0 aliphatic heterocycles. The van der Waals surface area contributed by atoms with Crippen molar-refractivity contribution in [1.29, 1.82) is 0 Å². The van der Waals surface area contributed by atoms with Crippen LogP contribution >= 0.6 is 0 Å². The molecule has 0 heterocycles. The lowest BCUT2D eigenvalue weighted by Gasteiger charge is -2.15. The molecular formula is C20H24N2O3. The number of carbonyl (C=O) groups excluding carboxylic acids is 2. The van der Waals surface area contributed by atoms with Crippen molar-refractivity contribution in [3.05, 3.63) is 59.7 Å². The number of carbonyl (C=O) groups is 2. The third-order valence-electron chi connectivity index (χ3n) is 3.83. The largest absolute Gasteiger partial charge is 0.484 e. The number of amides is 2. The predicted octanol–water partition coefficient (Wildman–Crippen LogP) is 3.54. The Hall–Kier alpha value is -2.82. The SMILES string of the molecule is CCC(C)NC(=O)c1ccccc1NC(=O)COc1ccc(C)cc1. The van der Waals surface area contributed by atoms with Gasteiger partial charge in [0.2, 0.25) is 0 Å². The molecule has 0 fully saturated rings. The van der Waals surface area contributed by atoms with E-state index in [0.717, 1.165) is 12.0 Å². The Bertz CT molecular complexity index is 726. The summed E-state index contributed by atoms with van der Waals surface area (Å²) in [4.78, 5) is 24.5. The number of nitrogens with one attached hydrogen (secondary N) is 2. The summed E-state index contributed by atoms with van der Waals surface area (Å²) in [6.07, 6.45) is 0.838. The van der Waals surface area contributed by atoms with Crippen molar-refractivity contribution in [3.8, 4) is 5.75 Å². The summed E-state index contributed by atoms with van der Waals surface area (Å²) >= 11 is 0. The third-order valence-corrected chi connectivity index (χ3v) is 3.83. The van der Waals surface area contributed by atoms with E-state index < -0.39 is 0 Å². The molecule has 25 heavy (non-hydrogen) atoms. The van der Waals surface area contributed by atoms with E-state index in [1.54, 1.807) is 24.3 Å². The standard InChI is InChI=1S/C20H24N2O3/c1-4-15(3)21-20(24)17-7-5-6-8-18(17)22-19(23)13-25-16-11-9-14(2)10-12-16/h5-12,15H,4,13H2,1-3H3,(H,21,24)(H,22,23). The normalized spacial score (nSPS) is 11.5. The first-order chi connectivity index (χ1) is 12.0. The smallest absolute Gasteiger partial charge is 0.262 e. The van der Waals surface area contributed by atoms with Gasteiger partial charge in [-0.15, -0.1) is 0 Å². The first kappa shape index (κ1) is 18.5. The maximum atomic E-state index is 12.3. The minimum Gasteiger partial charge on any atom is -0.484 e. The molecule has 1 unspecified atom stereocenters. The van der Waals surface area contributed by atoms with Gasteiger partial charge in [0, 0.05) is 6.04 Å². The van der Waals surface area contributed by atoms with Crippen molar-refractivity contribution in [2.75, 3.05) is 11.9 Å². The Morgan fingerprint density at radius 3 is 2.44 bits per heavy atom. The van der Waals surface area contributed by atoms with Gasteiger partial charge in [-0.3, -0.25) is 9.59 Å². The van der Waals surface area contributed by atoms with Crippen LogP contribution in [0.5, 0.6) is 5.75 Å². The van der Waals surface area contributed by atoms with Gasteiger partial charge in [-0.25, -0.2) is 0 Å². The zero-order valence-electron chi connectivity index (χ0n) is 14.8. The molecule has 5 heteroatoms. The van der Waals surface area contributed by atoms with E-state index in [1.165, 1.54) is 0 Å². The summed E-state index contributed by atoms with van der Waals surface area (Å²) in [5.74, 6) is 0.109. The molecule has 0 aromatic heterocycles. The van der Waals surface area contributed by atoms with Gasteiger partial charge in [0.15, 0.2) is 6.61 Å². The van der Waals surface area contributed by atoms with Crippen LogP contribution in [0.1, 0.15) is 36.2 Å². The predicted molar refractivity (Wildman–Crippen MR) is 99.0 cm³/mol. The Balaban J connectivity index is 1.98. The second-order valence-corrected chi connectivity index (χ2v) is 5.98. The average molecular weight is 340 g/mol. The second-order valence-electron chi connectivity index (χ2n) is 5.98. The van der Waals surface area contributed by atoms with Crippen LogP contribution < -0.4 is 15.4 Å². The Morgan fingerprint density at radius 2 is 1.76 bits per heavy atom. The van der Waals surface area contributed by atoms with Gasteiger partial charge in [0.1, 0.15) is 5.75 Å². The number of anilines is 1. The maximum absolute atomic E-state index is 12.3. The molecule has 0 spiro atoms. The number of ether oxygens (including phenoxy) is 1. The van der Waals surface area contributed by atoms with E-state index in [9.17, 15) is 9.59 Å². The molecule has 0 radical (unpaired) electrons. The van der Waals surface area contributed by atoms with Crippen molar-refractivity contribution < 1.29 is 14.3 Å². The number of hydrogen-bond acceptors (Lipinski definition) is 3. The topological polar surface area (TPSA) is 67.4 Å². The number of para-hydroxylation sites is 1. The highest BCUT2D eigenvalue weighted by Crippen LogP contribution is 2.16. The number of rotatable bonds is 7. The minimum absolute atomic E-state index is 0.0705. The summed E-state index contributed by atoms with van der Waals surface area (Å²) < 4.78 is 5.46. The van der Waals surface area contributed by atoms with E-state index in [1.807, 2.05) is 45.0 Å². The molecule has 0 bridgehead atoms. The lowest BCUT2D eigenvalue weighted by molar-refractivity contribution is -0.118. The molecule has 0 aliphatic carbocycles. The van der Waals surface area contributed by atoms with Crippen molar-refractivity contribution in [1.82, 2.24) is 5.32 Å². The number of hydrogen-bond donors (Lipinski definition) is 2. The first-order valence-corrected chi connectivity index (χ1v) is 8.38. The fourth-order valence-corrected chi connectivity index (χ4v) is 2.16. The molecule has 2 aromatic rings. The number of benzene rings is 2. The van der Waals surface area contributed by atoms with E-state index in [0.29, 0.717) is 17.0 Å². The quantitative estimate of drug-likeness (QED) is 0.810. The molecule has 5 nitrogen and oxygen atoms in total. The van der Waals surface area contributed by atoms with Gasteiger partial charge in [-0.2, -0.15) is 0 Å². The van der Waals surface area contributed by atoms with E-state index in [4.69, 9.17) is 4.74 Å². The summed E-state index contributed by atoms with van der Waals surface area (Å²) in [5, 5.41) is 5.64. The highest BCUT2D eigenvalue weighted by atomic mass is 16.5. The third kappa shape index (κ3) is 5.64. The van der Waals surface area contributed by atoms with E-state index in [-0.39, 0.29) is 24.5 Å². The molecule has 2 amide bonds. The molecule has 2 N–H and O–H groups in total. The zero-order chi connectivity index (χ0) is 18.2. The average Bonchev–Trinajstić information content (AvgIpc) is 2.61. The molecule has 2 aromatic carbocycles. The lowest BCUT2D eigenvalue weighted by atomic mass is 10.1. The van der Waals surface area contributed by atoms with Gasteiger partial charge in [-0.05, 0) is 44.5 Å². The van der Waals surface area contributed by atoms with Crippen LogP contribution in [0, 0.1) is 6.92 Å². The highest BCUT2D eigenvalue weighted by Gasteiger charge is 2.14. The molecule has 0 aliphatic rings. The van der Waals surface area contributed by atoms with Crippen molar-refractivity contribution in [2.45, 2.75) is 33.2 Å². The van der Waals surface area contributed by atoms with Gasteiger partial charge in [-0.1, -0.05) is 36.8 Å². The summed E-state index contributed by atoms with van der Waals surface area (Å²) in [6.45, 7) is 5.80. The van der Waals surface area contributed by atoms with Crippen molar-refractivity contribution in [3.63, 3.8) is 0 Å². The Labute approximate surface area is 148 Å². The summed E-state index contributed by atoms with van der Waals surface area (Å²) in [6, 6.07) is 14.5. The van der Waals surface area contributed by atoms with Crippen LogP contribution in [0.3, 0.4) is 0 Å². The van der Waals surface area contributed by atoms with Crippen LogP contribution in [0.4, 0.5) is 5.69 Å². The van der Waals surface area contributed by atoms with Crippen molar-refractivity contribution >= 4 is 17.5 Å². The maximum Gasteiger partial charge on any atom is 0.262 e. The molecule has 0 saturated heterocycles. The van der Waals surface area contributed by atoms with Crippen LogP contribution in [0.15, 0.2) is 48.5 Å². The molecular weight excluding hydrogens is 316 g/mol. The van der Waals surface area contributed by atoms with Gasteiger partial charge < -0.3 is 15.4 Å². The van der Waals surface area contributed by atoms with Crippen LogP contribution in [0.2, 0.25) is 0 Å². The number of aryl methyl sites for hydroxylation is 1. The molecule has 1 atom stereocenters. The van der Waals surface area contributed by atoms with E-state index >= 15 is 0 Å². The first-order valence-electron chi connectivity index (χ1n) is 8.38. The molecule has 2 rings (SSSR count). The van der Waals surface area contributed by atoms with E-state index in [2.05, 4.69) is 10.6 Å². The second kappa shape index (κ2) is 8.87. The van der Waals surface area contributed by atoms with Crippen LogP contribution in [-0.2, 0) is 4.79 Å². The molecule has 132 valence electrons. The Morgan fingerprint density at radius 1 is 1.08 bits per heavy atom. The fraction of sp³-hybridized carbons (Fsp3) is 0.300. The fourth-order valence-electron chi connectivity index (χ4n) is 2.16. The zero-order valence-corrected chi connectivity index (χ0v) is 14.8. The lowest BCUT2D eigenvalue weighted by Crippen LogP contribution is -2.33. The van der Waals surface area contributed by atoms with Crippen LogP contribution in [0.25, 0.3) is 0 Å². The van der Waals surface area contributed by atoms with Gasteiger partial charge in [0.05, 0.1) is 11.3 Å². The monoisotopic (exact) mass is 340 g/mol. The highest BCUT2D eigenvalue weighted by molar-refractivity contribution is 6.04. The Kier molecular flexibility index (Phi) is 6.57. The summed E-state index contributed by atoms with van der Waals surface area (Å²) in [7, 11) is 0. The minimum atomic E-state index is -0.315. The van der Waals surface area contributed by atoms with Crippen LogP contribution in [-0.4, -0.2) is 24.5 Å².